The number of carboxylic acid groups (broad SMARTS) is 1. The number of unbranched alkanes of at least 4 members (excludes halogenated alkanes) is 1. The summed E-state index contributed by atoms with van der Waals surface area (Å²) in [5.74, 6) is -0.428. The number of ketones is 2. The van der Waals surface area contributed by atoms with Crippen LogP contribution in [0.1, 0.15) is 102 Å². The third-order valence-electron chi connectivity index (χ3n) is 6.74. The summed E-state index contributed by atoms with van der Waals surface area (Å²) in [7, 11) is 0. The van der Waals surface area contributed by atoms with Gasteiger partial charge in [0, 0.05) is 25.8 Å². The van der Waals surface area contributed by atoms with Crippen LogP contribution in [-0.2, 0) is 13.0 Å². The maximum absolute atomic E-state index is 13.1. The van der Waals surface area contributed by atoms with Crippen molar-refractivity contribution in [2.45, 2.75) is 72.3 Å². The van der Waals surface area contributed by atoms with Crippen LogP contribution < -0.4 is 0 Å². The van der Waals surface area contributed by atoms with Crippen molar-refractivity contribution in [3.05, 3.63) is 76.9 Å². The highest BCUT2D eigenvalue weighted by Crippen LogP contribution is 2.28. The fourth-order valence-corrected chi connectivity index (χ4v) is 4.76. The first-order valence-corrected chi connectivity index (χ1v) is 13.6. The topological polar surface area (TPSA) is 115 Å². The Morgan fingerprint density at radius 2 is 1.46 bits per heavy atom. The van der Waals surface area contributed by atoms with Gasteiger partial charge < -0.3 is 9.67 Å². The molecule has 2 aromatic heterocycles. The van der Waals surface area contributed by atoms with E-state index in [1.54, 1.807) is 18.2 Å². The summed E-state index contributed by atoms with van der Waals surface area (Å²) in [5.41, 5.74) is 4.13. The lowest BCUT2D eigenvalue weighted by Crippen LogP contribution is -2.13. The third-order valence-corrected chi connectivity index (χ3v) is 6.74. The lowest BCUT2D eigenvalue weighted by molar-refractivity contribution is 0.0697. The third kappa shape index (κ3) is 5.95. The van der Waals surface area contributed by atoms with E-state index in [0.717, 1.165) is 29.8 Å². The standard InChI is InChI=1S/C31H34N4O4/c1-4-7-14-26-32-29-27(24(36)10-5-2)33-34-28(25(37)11-6-3)30(29)35(26)19-20-15-17-21(18-16-20)22-12-8-9-13-23(22)31(38)39/h8-9,12-13,15-18H,4-7,10-11,14,19H2,1-3H3,(H,38,39). The Morgan fingerprint density at radius 1 is 0.821 bits per heavy atom. The van der Waals surface area contributed by atoms with Gasteiger partial charge in [0.15, 0.2) is 23.0 Å². The zero-order valence-electron chi connectivity index (χ0n) is 22.7. The normalized spacial score (nSPS) is 11.2. The minimum atomic E-state index is -0.973. The number of Topliss-reactive ketones (excluding diaryl/α,β-unsaturated/α-hetero) is 2. The number of aromatic carboxylic acids is 1. The molecule has 0 radical (unpaired) electrons. The molecule has 2 heterocycles. The van der Waals surface area contributed by atoms with Gasteiger partial charge in [-0.15, -0.1) is 10.2 Å². The molecule has 1 N–H and O–H groups in total. The van der Waals surface area contributed by atoms with Crippen LogP contribution >= 0.6 is 0 Å². The number of imidazole rings is 1. The summed E-state index contributed by atoms with van der Waals surface area (Å²) in [4.78, 5) is 42.6. The largest absolute Gasteiger partial charge is 0.478 e. The number of aryl methyl sites for hydroxylation is 1. The van der Waals surface area contributed by atoms with Crippen LogP contribution in [0.5, 0.6) is 0 Å². The summed E-state index contributed by atoms with van der Waals surface area (Å²) in [6.45, 7) is 6.41. The van der Waals surface area contributed by atoms with E-state index in [1.165, 1.54) is 0 Å². The molecule has 0 saturated heterocycles. The average Bonchev–Trinajstić information content (AvgIpc) is 3.29. The molecule has 202 valence electrons. The van der Waals surface area contributed by atoms with Crippen molar-refractivity contribution in [2.24, 2.45) is 0 Å². The fourth-order valence-electron chi connectivity index (χ4n) is 4.76. The van der Waals surface area contributed by atoms with Crippen LogP contribution in [0.4, 0.5) is 0 Å². The molecule has 8 heteroatoms. The molecule has 0 atom stereocenters. The van der Waals surface area contributed by atoms with Crippen LogP contribution in [0.25, 0.3) is 22.2 Å². The van der Waals surface area contributed by atoms with Crippen LogP contribution in [-0.4, -0.2) is 42.4 Å². The predicted molar refractivity (Wildman–Crippen MR) is 150 cm³/mol. The van der Waals surface area contributed by atoms with Crippen molar-refractivity contribution in [3.63, 3.8) is 0 Å². The Morgan fingerprint density at radius 3 is 2.10 bits per heavy atom. The Labute approximate surface area is 228 Å². The van der Waals surface area contributed by atoms with Crippen molar-refractivity contribution in [1.29, 1.82) is 0 Å². The second-order valence-corrected chi connectivity index (χ2v) is 9.71. The van der Waals surface area contributed by atoms with Crippen LogP contribution in [0.3, 0.4) is 0 Å². The molecular formula is C31H34N4O4. The number of hydrogen-bond donors (Lipinski definition) is 1. The zero-order valence-corrected chi connectivity index (χ0v) is 22.7. The Kier molecular flexibility index (Phi) is 8.96. The Hall–Kier alpha value is -4.20. The highest BCUT2D eigenvalue weighted by atomic mass is 16.4. The second-order valence-electron chi connectivity index (χ2n) is 9.71. The van der Waals surface area contributed by atoms with E-state index in [1.807, 2.05) is 48.7 Å². The van der Waals surface area contributed by atoms with Gasteiger partial charge in [-0.05, 0) is 42.0 Å². The maximum Gasteiger partial charge on any atom is 0.336 e. The monoisotopic (exact) mass is 526 g/mol. The lowest BCUT2D eigenvalue weighted by Gasteiger charge is -2.12. The SMILES string of the molecule is CCCCc1nc2c(C(=O)CCC)nnc(C(=O)CCC)c2n1Cc1ccc(-c2ccccc2C(=O)O)cc1. The van der Waals surface area contributed by atoms with Crippen molar-refractivity contribution in [1.82, 2.24) is 19.7 Å². The van der Waals surface area contributed by atoms with Gasteiger partial charge in [0.1, 0.15) is 16.9 Å². The van der Waals surface area contributed by atoms with Gasteiger partial charge in [-0.25, -0.2) is 9.78 Å². The first-order chi connectivity index (χ1) is 18.9. The molecule has 0 aliphatic rings. The molecule has 4 aromatic rings. The molecule has 0 aliphatic carbocycles. The maximum atomic E-state index is 13.1. The van der Waals surface area contributed by atoms with Crippen molar-refractivity contribution >= 4 is 28.6 Å². The van der Waals surface area contributed by atoms with Crippen molar-refractivity contribution in [2.75, 3.05) is 0 Å². The van der Waals surface area contributed by atoms with Crippen LogP contribution in [0.15, 0.2) is 48.5 Å². The van der Waals surface area contributed by atoms with Crippen LogP contribution in [0.2, 0.25) is 0 Å². The molecule has 0 spiro atoms. The molecular weight excluding hydrogens is 492 g/mol. The summed E-state index contributed by atoms with van der Waals surface area (Å²) in [6, 6.07) is 14.6. The van der Waals surface area contributed by atoms with E-state index in [4.69, 9.17) is 4.98 Å². The molecule has 39 heavy (non-hydrogen) atoms. The van der Waals surface area contributed by atoms with Gasteiger partial charge in [-0.1, -0.05) is 69.7 Å². The average molecular weight is 527 g/mol. The van der Waals surface area contributed by atoms with Gasteiger partial charge >= 0.3 is 5.97 Å². The number of rotatable bonds is 13. The predicted octanol–water partition coefficient (Wildman–Crippen LogP) is 6.55. The van der Waals surface area contributed by atoms with Gasteiger partial charge in [0.05, 0.1) is 5.56 Å². The number of carboxylic acids is 1. The molecule has 0 aliphatic heterocycles. The second kappa shape index (κ2) is 12.6. The van der Waals surface area contributed by atoms with E-state index < -0.39 is 5.97 Å². The van der Waals surface area contributed by atoms with E-state index in [0.29, 0.717) is 55.2 Å². The van der Waals surface area contributed by atoms with E-state index >= 15 is 0 Å². The van der Waals surface area contributed by atoms with Gasteiger partial charge in [0.25, 0.3) is 0 Å². The van der Waals surface area contributed by atoms with E-state index in [-0.39, 0.29) is 28.5 Å². The lowest BCUT2D eigenvalue weighted by atomic mass is 9.98. The van der Waals surface area contributed by atoms with Crippen molar-refractivity contribution < 1.29 is 19.5 Å². The van der Waals surface area contributed by atoms with Gasteiger partial charge in [-0.3, -0.25) is 9.59 Å². The molecule has 0 fully saturated rings. The fraction of sp³-hybridized carbons (Fsp3) is 0.355. The summed E-state index contributed by atoms with van der Waals surface area (Å²) in [6.07, 6.45) is 4.60. The smallest absolute Gasteiger partial charge is 0.336 e. The number of hydrogen-bond acceptors (Lipinski definition) is 6. The molecule has 0 amide bonds. The summed E-state index contributed by atoms with van der Waals surface area (Å²) >= 11 is 0. The highest BCUT2D eigenvalue weighted by molar-refractivity contribution is 6.10. The Bertz CT molecular complexity index is 1510. The van der Waals surface area contributed by atoms with E-state index in [2.05, 4.69) is 17.1 Å². The first kappa shape index (κ1) is 27.8. The molecule has 0 unspecified atom stereocenters. The number of carbonyl (C=O) groups is 3. The Balaban J connectivity index is 1.83. The molecule has 8 nitrogen and oxygen atoms in total. The number of aromatic nitrogens is 4. The van der Waals surface area contributed by atoms with Gasteiger partial charge in [-0.2, -0.15) is 0 Å². The molecule has 2 aromatic carbocycles. The molecule has 4 rings (SSSR count). The molecule has 0 saturated carbocycles. The zero-order chi connectivity index (χ0) is 27.9. The van der Waals surface area contributed by atoms with Crippen LogP contribution in [0, 0.1) is 0 Å². The number of carbonyl (C=O) groups excluding carboxylic acids is 2. The van der Waals surface area contributed by atoms with E-state index in [9.17, 15) is 19.5 Å². The number of nitrogens with zero attached hydrogens (tertiary/aromatic N) is 4. The summed E-state index contributed by atoms with van der Waals surface area (Å²) < 4.78 is 2.01. The van der Waals surface area contributed by atoms with Crippen molar-refractivity contribution in [3.8, 4) is 11.1 Å². The molecule has 0 bridgehead atoms. The number of fused-ring (bicyclic) bond motifs is 1. The number of benzene rings is 2. The summed E-state index contributed by atoms with van der Waals surface area (Å²) in [5, 5.41) is 18.0. The highest BCUT2D eigenvalue weighted by Gasteiger charge is 2.25. The first-order valence-electron chi connectivity index (χ1n) is 13.6. The van der Waals surface area contributed by atoms with Gasteiger partial charge in [0.2, 0.25) is 0 Å². The quantitative estimate of drug-likeness (QED) is 0.196. The minimum Gasteiger partial charge on any atom is -0.478 e. The minimum absolute atomic E-state index is 0.117.